The molecule has 2 atom stereocenters. The highest BCUT2D eigenvalue weighted by Gasteiger charge is 2.38. The fourth-order valence-corrected chi connectivity index (χ4v) is 10.1. The number of benzene rings is 8. The summed E-state index contributed by atoms with van der Waals surface area (Å²) in [6.07, 6.45) is -0.587. The molecule has 0 aromatic heterocycles. The van der Waals surface area contributed by atoms with E-state index in [0.717, 1.165) is 44.5 Å². The predicted molar refractivity (Wildman–Crippen MR) is 294 cm³/mol. The first-order valence-corrected chi connectivity index (χ1v) is 25.5. The number of unbranched alkanes of at least 4 members (excludes halogenated alkanes) is 1. The minimum absolute atomic E-state index is 0.0127. The van der Waals surface area contributed by atoms with E-state index in [2.05, 4.69) is 59.2 Å². The van der Waals surface area contributed by atoms with E-state index in [9.17, 15) is 24.5 Å². The van der Waals surface area contributed by atoms with Crippen LogP contribution in [0.5, 0.6) is 5.75 Å². The number of nitrogens with zero attached hydrogens (tertiary/aromatic N) is 2. The van der Waals surface area contributed by atoms with Gasteiger partial charge in [-0.3, -0.25) is 29.9 Å². The average Bonchev–Trinajstić information content (AvgIpc) is 3.80. The van der Waals surface area contributed by atoms with E-state index in [-0.39, 0.29) is 43.4 Å². The molecule has 8 aromatic carbocycles. The van der Waals surface area contributed by atoms with Gasteiger partial charge in [0.1, 0.15) is 31.0 Å². The van der Waals surface area contributed by atoms with E-state index in [4.69, 9.17) is 19.9 Å². The minimum atomic E-state index is -1.22. The Kier molecular flexibility index (Phi) is 16.9. The average molecular weight is 1030 g/mol. The lowest BCUT2D eigenvalue weighted by Gasteiger charge is -2.37. The van der Waals surface area contributed by atoms with Crippen LogP contribution in [-0.2, 0) is 37.6 Å². The SMILES string of the molecule is NC(=O)[C@H](CCCCNC(c1ccccc1)(c1ccccc1)c1ccccc1)N(C(=O)[C@H](Cc1ccccc1)NC(=O)OCC1c2ccccc2-c2ccccc21)c1ccc(COC(=O)Oc2ccc([N+](=O)[O-])cc2)cc1. The fraction of sp³-hybridized carbons (Fsp3) is 0.175. The van der Waals surface area contributed by atoms with Gasteiger partial charge in [0, 0.05) is 30.2 Å². The van der Waals surface area contributed by atoms with Gasteiger partial charge in [-0.15, -0.1) is 0 Å². The Morgan fingerprint density at radius 3 is 1.66 bits per heavy atom. The van der Waals surface area contributed by atoms with Crippen LogP contribution in [0.25, 0.3) is 11.1 Å². The Morgan fingerprint density at radius 1 is 0.610 bits per heavy atom. The summed E-state index contributed by atoms with van der Waals surface area (Å²) in [7, 11) is 0. The molecule has 388 valence electrons. The normalized spacial score (nSPS) is 12.5. The Hall–Kier alpha value is -9.40. The molecule has 0 bridgehead atoms. The van der Waals surface area contributed by atoms with Crippen molar-refractivity contribution in [2.75, 3.05) is 18.1 Å². The maximum Gasteiger partial charge on any atom is 0.514 e. The second-order valence-electron chi connectivity index (χ2n) is 18.7. The molecule has 77 heavy (non-hydrogen) atoms. The third-order valence-electron chi connectivity index (χ3n) is 13.8. The Labute approximate surface area is 446 Å². The second-order valence-corrected chi connectivity index (χ2v) is 18.7. The zero-order valence-electron chi connectivity index (χ0n) is 42.1. The molecular formula is C63H57N5O9. The van der Waals surface area contributed by atoms with E-state index in [1.165, 1.54) is 29.2 Å². The van der Waals surface area contributed by atoms with Gasteiger partial charge in [0.25, 0.3) is 11.6 Å². The number of amides is 3. The van der Waals surface area contributed by atoms with Crippen molar-refractivity contribution in [3.63, 3.8) is 0 Å². The Bertz CT molecular complexity index is 3150. The number of hydrogen-bond donors (Lipinski definition) is 3. The third kappa shape index (κ3) is 12.4. The highest BCUT2D eigenvalue weighted by Crippen LogP contribution is 2.44. The molecule has 0 spiro atoms. The standard InChI is InChI=1S/C63H57N5O9/c64-59(69)58(31-17-18-40-65-63(46-21-7-2-8-22-46,47-23-9-3-10-24-47)48-25-11-4-12-26-48)67(49-34-32-45(33-35-49)42-76-62(72)77-51-38-36-50(37-39-51)68(73)74)60(70)57(41-44-19-5-1-6-20-44)66-61(71)75-43-56-54-29-15-13-27-52(54)53-28-14-16-30-55(53)56/h1-16,19-30,32-39,56-58,65H,17-18,31,40-43H2,(H2,64,69)(H,66,71)/t57-,58-/m0/s1. The summed E-state index contributed by atoms with van der Waals surface area (Å²) in [6.45, 7) is 0.293. The van der Waals surface area contributed by atoms with Gasteiger partial charge in [0.15, 0.2) is 0 Å². The van der Waals surface area contributed by atoms with Gasteiger partial charge in [0.2, 0.25) is 5.91 Å². The summed E-state index contributed by atoms with van der Waals surface area (Å²) in [5, 5.41) is 17.8. The lowest BCUT2D eigenvalue weighted by Crippen LogP contribution is -2.56. The van der Waals surface area contributed by atoms with Crippen LogP contribution in [0.4, 0.5) is 21.0 Å². The molecule has 0 aliphatic heterocycles. The number of nitrogens with one attached hydrogen (secondary N) is 2. The van der Waals surface area contributed by atoms with Crippen molar-refractivity contribution in [1.29, 1.82) is 0 Å². The number of alkyl carbamates (subject to hydrolysis) is 1. The number of hydrogen-bond acceptors (Lipinski definition) is 10. The van der Waals surface area contributed by atoms with E-state index in [1.54, 1.807) is 24.3 Å². The highest BCUT2D eigenvalue weighted by molar-refractivity contribution is 6.04. The van der Waals surface area contributed by atoms with Crippen molar-refractivity contribution in [3.05, 3.63) is 267 Å². The second kappa shape index (κ2) is 24.8. The third-order valence-corrected chi connectivity index (χ3v) is 13.8. The van der Waals surface area contributed by atoms with Crippen LogP contribution in [0.1, 0.15) is 64.1 Å². The highest BCUT2D eigenvalue weighted by atomic mass is 16.7. The van der Waals surface area contributed by atoms with Gasteiger partial charge >= 0.3 is 12.2 Å². The lowest BCUT2D eigenvalue weighted by atomic mass is 9.77. The number of ether oxygens (including phenoxy) is 3. The van der Waals surface area contributed by atoms with Gasteiger partial charge in [-0.2, -0.15) is 0 Å². The molecule has 3 amide bonds. The molecule has 9 rings (SSSR count). The molecule has 0 fully saturated rings. The number of primary amides is 1. The number of carbonyl (C=O) groups excluding carboxylic acids is 4. The number of non-ortho nitro benzene ring substituents is 1. The number of nitro benzene ring substituents is 1. The zero-order chi connectivity index (χ0) is 53.6. The number of anilines is 1. The smallest absolute Gasteiger partial charge is 0.449 e. The van der Waals surface area contributed by atoms with Crippen LogP contribution in [-0.4, -0.2) is 54.2 Å². The van der Waals surface area contributed by atoms with Crippen LogP contribution in [0.3, 0.4) is 0 Å². The summed E-state index contributed by atoms with van der Waals surface area (Å²) in [6, 6.07) is 65.1. The Morgan fingerprint density at radius 2 is 1.13 bits per heavy atom. The van der Waals surface area contributed by atoms with Gasteiger partial charge in [-0.05, 0) is 100 Å². The largest absolute Gasteiger partial charge is 0.514 e. The number of rotatable bonds is 22. The van der Waals surface area contributed by atoms with Gasteiger partial charge < -0.3 is 25.3 Å². The maximum atomic E-state index is 15.5. The summed E-state index contributed by atoms with van der Waals surface area (Å²) in [5.74, 6) is -1.53. The maximum absolute atomic E-state index is 15.5. The molecule has 14 heteroatoms. The first kappa shape index (κ1) is 52.5. The monoisotopic (exact) mass is 1030 g/mol. The minimum Gasteiger partial charge on any atom is -0.449 e. The number of nitrogens with two attached hydrogens (primary N) is 1. The van der Waals surface area contributed by atoms with E-state index in [1.807, 2.05) is 121 Å². The molecule has 0 unspecified atom stereocenters. The van der Waals surface area contributed by atoms with Gasteiger partial charge in [0.05, 0.1) is 10.5 Å². The van der Waals surface area contributed by atoms with E-state index >= 15 is 4.79 Å². The first-order chi connectivity index (χ1) is 37.6. The topological polar surface area (TPSA) is 192 Å². The molecule has 14 nitrogen and oxygen atoms in total. The molecular weight excluding hydrogens is 971 g/mol. The molecule has 0 radical (unpaired) electrons. The van der Waals surface area contributed by atoms with Crippen molar-refractivity contribution in [2.24, 2.45) is 5.73 Å². The first-order valence-electron chi connectivity index (χ1n) is 25.5. The van der Waals surface area contributed by atoms with Gasteiger partial charge in [-0.25, -0.2) is 9.59 Å². The molecule has 8 aromatic rings. The zero-order valence-corrected chi connectivity index (χ0v) is 42.1. The molecule has 0 heterocycles. The van der Waals surface area contributed by atoms with Crippen LogP contribution in [0, 0.1) is 10.1 Å². The predicted octanol–water partition coefficient (Wildman–Crippen LogP) is 11.4. The molecule has 0 saturated heterocycles. The van der Waals surface area contributed by atoms with Crippen LogP contribution in [0.2, 0.25) is 0 Å². The molecule has 4 N–H and O–H groups in total. The van der Waals surface area contributed by atoms with Crippen LogP contribution in [0.15, 0.2) is 218 Å². The lowest BCUT2D eigenvalue weighted by molar-refractivity contribution is -0.384. The van der Waals surface area contributed by atoms with Gasteiger partial charge in [-0.1, -0.05) is 182 Å². The quantitative estimate of drug-likeness (QED) is 0.0147. The summed E-state index contributed by atoms with van der Waals surface area (Å²) in [5.41, 5.74) is 14.3. The summed E-state index contributed by atoms with van der Waals surface area (Å²) in [4.78, 5) is 67.9. The van der Waals surface area contributed by atoms with Crippen molar-refractivity contribution in [1.82, 2.24) is 10.6 Å². The van der Waals surface area contributed by atoms with Crippen molar-refractivity contribution in [3.8, 4) is 16.9 Å². The summed E-state index contributed by atoms with van der Waals surface area (Å²) < 4.78 is 16.6. The van der Waals surface area contributed by atoms with E-state index < -0.39 is 46.6 Å². The number of fused-ring (bicyclic) bond motifs is 3. The number of carbonyl (C=O) groups is 4. The van der Waals surface area contributed by atoms with Crippen molar-refractivity contribution < 1.29 is 38.3 Å². The Balaban J connectivity index is 0.969. The van der Waals surface area contributed by atoms with Crippen molar-refractivity contribution >= 4 is 35.4 Å². The molecule has 0 saturated carbocycles. The van der Waals surface area contributed by atoms with Crippen LogP contribution >= 0.6 is 0 Å². The van der Waals surface area contributed by atoms with Crippen molar-refractivity contribution in [2.45, 2.75) is 55.8 Å². The van der Waals surface area contributed by atoms with Crippen LogP contribution < -0.4 is 26.0 Å². The number of nitro groups is 1. The summed E-state index contributed by atoms with van der Waals surface area (Å²) >= 11 is 0. The molecule has 1 aliphatic rings. The van der Waals surface area contributed by atoms with E-state index in [0.29, 0.717) is 30.6 Å². The molecule has 1 aliphatic carbocycles. The fourth-order valence-electron chi connectivity index (χ4n) is 10.1.